The third kappa shape index (κ3) is 3.72. The predicted octanol–water partition coefficient (Wildman–Crippen LogP) is 2.47. The second-order valence-corrected chi connectivity index (χ2v) is 6.22. The summed E-state index contributed by atoms with van der Waals surface area (Å²) in [7, 11) is 0. The maximum Gasteiger partial charge on any atom is 0.379 e. The summed E-state index contributed by atoms with van der Waals surface area (Å²) in [6.07, 6.45) is 1.90. The number of benzene rings is 1. The molecule has 1 aromatic carbocycles. The molecule has 0 spiro atoms. The van der Waals surface area contributed by atoms with Gasteiger partial charge in [0.15, 0.2) is 0 Å². The van der Waals surface area contributed by atoms with Crippen LogP contribution in [0, 0.1) is 0 Å². The van der Waals surface area contributed by atoms with Gasteiger partial charge in [0.05, 0.1) is 6.10 Å². The van der Waals surface area contributed by atoms with Gasteiger partial charge in [-0.1, -0.05) is 24.3 Å². The highest BCUT2D eigenvalue weighted by atomic mass is 16.5. The van der Waals surface area contributed by atoms with Crippen molar-refractivity contribution in [2.24, 2.45) is 0 Å². The Labute approximate surface area is 125 Å². The van der Waals surface area contributed by atoms with Crippen LogP contribution in [0.3, 0.4) is 0 Å². The van der Waals surface area contributed by atoms with Crippen LogP contribution in [0.5, 0.6) is 0 Å². The second-order valence-electron chi connectivity index (χ2n) is 6.22. The molecule has 0 aliphatic carbocycles. The van der Waals surface area contributed by atoms with Crippen LogP contribution in [0.25, 0.3) is 5.70 Å². The van der Waals surface area contributed by atoms with Gasteiger partial charge in [0.1, 0.15) is 0 Å². The molecule has 4 heteroatoms. The van der Waals surface area contributed by atoms with Crippen LogP contribution < -0.4 is 5.32 Å². The molecule has 1 aliphatic heterocycles. The number of hydrogen-bond donors (Lipinski definition) is 1. The van der Waals surface area contributed by atoms with Gasteiger partial charge >= 0.3 is 5.97 Å². The SMILES string of the molecule is CC(C)OC(=O)C(=O)/C=C1\NC(C)(C)Cc2ccccc21. The maximum atomic E-state index is 12.0. The molecule has 0 unspecified atom stereocenters. The average molecular weight is 287 g/mol. The molecule has 2 rings (SSSR count). The third-order valence-electron chi connectivity index (χ3n) is 3.23. The van der Waals surface area contributed by atoms with E-state index in [-0.39, 0.29) is 11.6 Å². The fourth-order valence-electron chi connectivity index (χ4n) is 2.47. The molecule has 1 N–H and O–H groups in total. The summed E-state index contributed by atoms with van der Waals surface area (Å²) in [5.74, 6) is -1.46. The number of carbonyl (C=O) groups excluding carboxylic acids is 2. The van der Waals surface area contributed by atoms with Crippen LogP contribution in [-0.4, -0.2) is 23.4 Å². The van der Waals surface area contributed by atoms with Crippen molar-refractivity contribution in [3.8, 4) is 0 Å². The van der Waals surface area contributed by atoms with E-state index in [9.17, 15) is 9.59 Å². The first-order valence-corrected chi connectivity index (χ1v) is 7.11. The van der Waals surface area contributed by atoms with Crippen molar-refractivity contribution in [1.29, 1.82) is 0 Å². The standard InChI is InChI=1S/C17H21NO3/c1-11(2)21-16(20)15(19)9-14-13-8-6-5-7-12(13)10-17(3,4)18-14/h5-9,11,18H,10H2,1-4H3/b14-9-. The third-order valence-corrected chi connectivity index (χ3v) is 3.23. The fraction of sp³-hybridized carbons (Fsp3) is 0.412. The largest absolute Gasteiger partial charge is 0.457 e. The van der Waals surface area contributed by atoms with Crippen LogP contribution in [0.2, 0.25) is 0 Å². The van der Waals surface area contributed by atoms with Crippen LogP contribution in [0.15, 0.2) is 30.3 Å². The molecule has 0 saturated heterocycles. The summed E-state index contributed by atoms with van der Waals surface area (Å²) in [5, 5.41) is 3.32. The number of esters is 1. The zero-order chi connectivity index (χ0) is 15.6. The average Bonchev–Trinajstić information content (AvgIpc) is 2.36. The van der Waals surface area contributed by atoms with Gasteiger partial charge in [-0.25, -0.2) is 4.79 Å². The van der Waals surface area contributed by atoms with E-state index < -0.39 is 11.8 Å². The summed E-state index contributed by atoms with van der Waals surface area (Å²) in [6.45, 7) is 7.56. The minimum atomic E-state index is -0.819. The summed E-state index contributed by atoms with van der Waals surface area (Å²) in [5.41, 5.74) is 2.63. The molecule has 0 saturated carbocycles. The van der Waals surface area contributed by atoms with Crippen LogP contribution in [0.4, 0.5) is 0 Å². The number of rotatable bonds is 3. The smallest absolute Gasteiger partial charge is 0.379 e. The fourth-order valence-corrected chi connectivity index (χ4v) is 2.47. The molecule has 0 bridgehead atoms. The molecule has 112 valence electrons. The molecule has 1 aliphatic rings. The van der Waals surface area contributed by atoms with Gasteiger partial charge in [0, 0.05) is 22.9 Å². The van der Waals surface area contributed by atoms with Crippen molar-refractivity contribution in [2.75, 3.05) is 0 Å². The minimum Gasteiger partial charge on any atom is -0.457 e. The van der Waals surface area contributed by atoms with Gasteiger partial charge in [0.2, 0.25) is 0 Å². The van der Waals surface area contributed by atoms with Crippen LogP contribution in [-0.2, 0) is 20.7 Å². The van der Waals surface area contributed by atoms with Crippen molar-refractivity contribution in [3.05, 3.63) is 41.5 Å². The summed E-state index contributed by atoms with van der Waals surface area (Å²) >= 11 is 0. The molecular formula is C17H21NO3. The molecule has 1 aromatic rings. The Hall–Kier alpha value is -2.10. The Kier molecular flexibility index (Phi) is 4.16. The molecule has 1 heterocycles. The van der Waals surface area contributed by atoms with Gasteiger partial charge in [-0.3, -0.25) is 4.79 Å². The monoisotopic (exact) mass is 287 g/mol. The number of hydrogen-bond acceptors (Lipinski definition) is 4. The van der Waals surface area contributed by atoms with Crippen molar-refractivity contribution < 1.29 is 14.3 Å². The molecule has 0 amide bonds. The van der Waals surface area contributed by atoms with Crippen LogP contribution >= 0.6 is 0 Å². The molecule has 21 heavy (non-hydrogen) atoms. The normalized spacial score (nSPS) is 18.0. The second kappa shape index (κ2) is 5.72. The lowest BCUT2D eigenvalue weighted by Gasteiger charge is -2.35. The quantitative estimate of drug-likeness (QED) is 0.527. The Morgan fingerprint density at radius 2 is 1.95 bits per heavy atom. The lowest BCUT2D eigenvalue weighted by molar-refractivity contribution is -0.154. The highest BCUT2D eigenvalue weighted by Gasteiger charge is 2.28. The highest BCUT2D eigenvalue weighted by molar-refractivity contribution is 6.39. The Morgan fingerprint density at radius 3 is 2.62 bits per heavy atom. The lowest BCUT2D eigenvalue weighted by Crippen LogP contribution is -2.44. The van der Waals surface area contributed by atoms with Gasteiger partial charge in [-0.2, -0.15) is 0 Å². The Balaban J connectivity index is 2.32. The zero-order valence-corrected chi connectivity index (χ0v) is 12.9. The van der Waals surface area contributed by atoms with Gasteiger partial charge in [-0.15, -0.1) is 0 Å². The summed E-state index contributed by atoms with van der Waals surface area (Å²) < 4.78 is 4.93. The van der Waals surface area contributed by atoms with Crippen molar-refractivity contribution in [3.63, 3.8) is 0 Å². The van der Waals surface area contributed by atoms with Gasteiger partial charge < -0.3 is 10.1 Å². The van der Waals surface area contributed by atoms with Crippen molar-refractivity contribution in [2.45, 2.75) is 45.8 Å². The van der Waals surface area contributed by atoms with E-state index in [0.717, 1.165) is 17.5 Å². The molecule has 0 radical (unpaired) electrons. The number of ketones is 1. The number of ether oxygens (including phenoxy) is 1. The van der Waals surface area contributed by atoms with Crippen molar-refractivity contribution in [1.82, 2.24) is 5.32 Å². The minimum absolute atomic E-state index is 0.164. The number of nitrogens with one attached hydrogen (secondary N) is 1. The maximum absolute atomic E-state index is 12.0. The Morgan fingerprint density at radius 1 is 1.29 bits per heavy atom. The van der Waals surface area contributed by atoms with E-state index in [1.165, 1.54) is 6.08 Å². The topological polar surface area (TPSA) is 55.4 Å². The van der Waals surface area contributed by atoms with Gasteiger partial charge in [-0.05, 0) is 39.7 Å². The summed E-state index contributed by atoms with van der Waals surface area (Å²) in [6, 6.07) is 7.89. The first-order chi connectivity index (χ1) is 9.78. The number of fused-ring (bicyclic) bond motifs is 1. The van der Waals surface area contributed by atoms with E-state index in [1.54, 1.807) is 13.8 Å². The zero-order valence-electron chi connectivity index (χ0n) is 12.9. The van der Waals surface area contributed by atoms with Gasteiger partial charge in [0.25, 0.3) is 5.78 Å². The molecule has 0 fully saturated rings. The molecular weight excluding hydrogens is 266 g/mol. The Bertz CT molecular complexity index is 600. The van der Waals surface area contributed by atoms with E-state index in [2.05, 4.69) is 19.2 Å². The molecule has 4 nitrogen and oxygen atoms in total. The molecule has 0 atom stereocenters. The lowest BCUT2D eigenvalue weighted by atomic mass is 9.85. The first-order valence-electron chi connectivity index (χ1n) is 7.11. The van der Waals surface area contributed by atoms with Crippen LogP contribution in [0.1, 0.15) is 38.8 Å². The van der Waals surface area contributed by atoms with E-state index in [1.807, 2.05) is 24.3 Å². The predicted molar refractivity (Wildman–Crippen MR) is 81.6 cm³/mol. The van der Waals surface area contributed by atoms with Crippen molar-refractivity contribution >= 4 is 17.4 Å². The van der Waals surface area contributed by atoms with E-state index >= 15 is 0 Å². The summed E-state index contributed by atoms with van der Waals surface area (Å²) in [4.78, 5) is 23.6. The number of carbonyl (C=O) groups is 2. The van der Waals surface area contributed by atoms with E-state index in [0.29, 0.717) is 5.70 Å². The van der Waals surface area contributed by atoms with E-state index in [4.69, 9.17) is 4.74 Å². The highest BCUT2D eigenvalue weighted by Crippen LogP contribution is 2.29. The molecule has 0 aromatic heterocycles. The first kappa shape index (κ1) is 15.3.